The zero-order valence-corrected chi connectivity index (χ0v) is 18.2. The van der Waals surface area contributed by atoms with Crippen molar-refractivity contribution in [3.8, 4) is 11.1 Å². The predicted molar refractivity (Wildman–Crippen MR) is 129 cm³/mol. The fraction of sp³-hybridized carbons (Fsp3) is 0.240. The van der Waals surface area contributed by atoms with Gasteiger partial charge in [0, 0.05) is 12.6 Å². The quantitative estimate of drug-likeness (QED) is 0.441. The molecule has 0 bridgehead atoms. The number of rotatable bonds is 6. The second kappa shape index (κ2) is 9.51. The molecule has 0 aliphatic rings. The van der Waals surface area contributed by atoms with Gasteiger partial charge in [-0.15, -0.1) is 10.2 Å². The van der Waals surface area contributed by atoms with Crippen molar-refractivity contribution < 1.29 is 4.79 Å². The third kappa shape index (κ3) is 4.98. The molecule has 0 saturated heterocycles. The van der Waals surface area contributed by atoms with Crippen LogP contribution in [0.15, 0.2) is 72.9 Å². The zero-order chi connectivity index (χ0) is 22.0. The van der Waals surface area contributed by atoms with Gasteiger partial charge in [0.15, 0.2) is 11.5 Å². The van der Waals surface area contributed by atoms with Gasteiger partial charge in [0.05, 0.1) is 16.6 Å². The van der Waals surface area contributed by atoms with E-state index in [1.54, 1.807) is 32.2 Å². The van der Waals surface area contributed by atoms with Crippen LogP contribution in [0.1, 0.15) is 38.7 Å². The normalized spacial score (nSPS) is 12.2. The van der Waals surface area contributed by atoms with E-state index in [1.165, 1.54) is 0 Å². The Bertz CT molecular complexity index is 1210. The number of nitrogens with zero attached hydrogens (tertiary/aromatic N) is 3. The van der Waals surface area contributed by atoms with E-state index >= 15 is 0 Å². The number of pyridine rings is 1. The maximum absolute atomic E-state index is 12.8. The number of carbonyl (C=O) groups is 1. The number of hydrogen-bond acceptors (Lipinski definition) is 4. The van der Waals surface area contributed by atoms with Gasteiger partial charge in [-0.3, -0.25) is 9.20 Å². The maximum Gasteiger partial charge on any atom is 0.240 e. The summed E-state index contributed by atoms with van der Waals surface area (Å²) in [7, 11) is 0. The number of benzene rings is 2. The summed E-state index contributed by atoms with van der Waals surface area (Å²) in [4.78, 5) is 12.8. The van der Waals surface area contributed by atoms with Crippen molar-refractivity contribution in [3.63, 3.8) is 0 Å². The SMILES string of the molecule is C.CC(C)(N)C(=O)N[C@H](Cc1ccccc1-c1ccccc1)c1nnc2ccc(Cl)cn12. The summed E-state index contributed by atoms with van der Waals surface area (Å²) in [5, 5.41) is 12.2. The molecule has 0 fully saturated rings. The molecule has 4 rings (SSSR count). The Kier molecular flexibility index (Phi) is 6.96. The molecule has 1 amide bonds. The van der Waals surface area contributed by atoms with E-state index in [2.05, 4.69) is 39.8 Å². The van der Waals surface area contributed by atoms with Gasteiger partial charge in [-0.25, -0.2) is 0 Å². The zero-order valence-electron chi connectivity index (χ0n) is 17.4. The fourth-order valence-electron chi connectivity index (χ4n) is 3.49. The van der Waals surface area contributed by atoms with Crippen LogP contribution in [0.3, 0.4) is 0 Å². The van der Waals surface area contributed by atoms with Gasteiger partial charge in [0.1, 0.15) is 0 Å². The molecule has 0 saturated carbocycles. The maximum atomic E-state index is 12.8. The molecule has 2 aromatic carbocycles. The van der Waals surface area contributed by atoms with E-state index in [-0.39, 0.29) is 13.3 Å². The number of carbonyl (C=O) groups excluding carboxylic acids is 1. The highest BCUT2D eigenvalue weighted by molar-refractivity contribution is 6.30. The summed E-state index contributed by atoms with van der Waals surface area (Å²) >= 11 is 6.21. The third-order valence-electron chi connectivity index (χ3n) is 5.12. The molecule has 3 N–H and O–H groups in total. The van der Waals surface area contributed by atoms with Crippen LogP contribution in [0.4, 0.5) is 0 Å². The summed E-state index contributed by atoms with van der Waals surface area (Å²) in [5.41, 5.74) is 8.96. The second-order valence-electron chi connectivity index (χ2n) is 8.11. The van der Waals surface area contributed by atoms with Crippen LogP contribution in [0, 0.1) is 0 Å². The van der Waals surface area contributed by atoms with Gasteiger partial charge >= 0.3 is 0 Å². The number of fused-ring (bicyclic) bond motifs is 1. The number of hydrogen-bond donors (Lipinski definition) is 2. The smallest absolute Gasteiger partial charge is 0.240 e. The van der Waals surface area contributed by atoms with E-state index in [4.69, 9.17) is 17.3 Å². The largest absolute Gasteiger partial charge is 0.344 e. The molecule has 0 aliphatic heterocycles. The second-order valence-corrected chi connectivity index (χ2v) is 8.55. The molecule has 0 spiro atoms. The first-order valence-electron chi connectivity index (χ1n) is 10.1. The minimum atomic E-state index is -1.03. The van der Waals surface area contributed by atoms with Crippen molar-refractivity contribution in [2.45, 2.75) is 39.3 Å². The van der Waals surface area contributed by atoms with Crippen molar-refractivity contribution in [3.05, 3.63) is 89.3 Å². The van der Waals surface area contributed by atoms with E-state index in [0.717, 1.165) is 16.7 Å². The monoisotopic (exact) mass is 449 g/mol. The minimum Gasteiger partial charge on any atom is -0.344 e. The van der Waals surface area contributed by atoms with Crippen molar-refractivity contribution in [1.82, 2.24) is 19.9 Å². The van der Waals surface area contributed by atoms with Crippen molar-refractivity contribution >= 4 is 23.2 Å². The summed E-state index contributed by atoms with van der Waals surface area (Å²) < 4.78 is 1.81. The van der Waals surface area contributed by atoms with Gasteiger partial charge in [-0.2, -0.15) is 0 Å². The Morgan fingerprint density at radius 3 is 2.47 bits per heavy atom. The van der Waals surface area contributed by atoms with Crippen molar-refractivity contribution in [1.29, 1.82) is 0 Å². The highest BCUT2D eigenvalue weighted by Crippen LogP contribution is 2.28. The average Bonchev–Trinajstić information content (AvgIpc) is 3.16. The number of nitrogens with one attached hydrogen (secondary N) is 1. The van der Waals surface area contributed by atoms with E-state index < -0.39 is 11.6 Å². The molecule has 6 nitrogen and oxygen atoms in total. The number of nitrogens with two attached hydrogens (primary N) is 1. The standard InChI is InChI=1S/C24H24ClN5O.CH4/c1-24(2,26)23(31)27-20(22-29-28-21-13-12-18(25)15-30(21)22)14-17-10-6-7-11-19(17)16-8-4-3-5-9-16;/h3-13,15,20H,14,26H2,1-2H3,(H,27,31);1H4/t20-;/m1./s1. The Morgan fingerprint density at radius 1 is 1.06 bits per heavy atom. The lowest BCUT2D eigenvalue weighted by Gasteiger charge is -2.24. The number of aromatic nitrogens is 3. The fourth-order valence-corrected chi connectivity index (χ4v) is 3.65. The minimum absolute atomic E-state index is 0. The lowest BCUT2D eigenvalue weighted by Crippen LogP contribution is -2.50. The summed E-state index contributed by atoms with van der Waals surface area (Å²) in [5.74, 6) is 0.325. The molecule has 7 heteroatoms. The molecular weight excluding hydrogens is 422 g/mol. The predicted octanol–water partition coefficient (Wildman–Crippen LogP) is 4.82. The highest BCUT2D eigenvalue weighted by atomic mass is 35.5. The molecule has 0 radical (unpaired) electrons. The van der Waals surface area contributed by atoms with Crippen LogP contribution >= 0.6 is 11.6 Å². The van der Waals surface area contributed by atoms with Crippen LogP contribution in [-0.4, -0.2) is 26.0 Å². The Balaban J connectivity index is 0.00000289. The van der Waals surface area contributed by atoms with E-state index in [9.17, 15) is 4.79 Å². The molecule has 0 aliphatic carbocycles. The van der Waals surface area contributed by atoms with Crippen LogP contribution < -0.4 is 11.1 Å². The average molecular weight is 450 g/mol. The summed E-state index contributed by atoms with van der Waals surface area (Å²) in [6, 6.07) is 21.4. The van der Waals surface area contributed by atoms with Gasteiger partial charge in [0.25, 0.3) is 0 Å². The lowest BCUT2D eigenvalue weighted by molar-refractivity contribution is -0.126. The van der Waals surface area contributed by atoms with Gasteiger partial charge < -0.3 is 11.1 Å². The Hall–Kier alpha value is -3.22. The van der Waals surface area contributed by atoms with E-state index in [0.29, 0.717) is 22.9 Å². The molecule has 0 unspecified atom stereocenters. The topological polar surface area (TPSA) is 85.3 Å². The first-order valence-corrected chi connectivity index (χ1v) is 10.4. The lowest BCUT2D eigenvalue weighted by atomic mass is 9.94. The number of halogens is 1. The van der Waals surface area contributed by atoms with Crippen molar-refractivity contribution in [2.75, 3.05) is 0 Å². The highest BCUT2D eigenvalue weighted by Gasteiger charge is 2.28. The molecule has 1 atom stereocenters. The molecule has 166 valence electrons. The summed E-state index contributed by atoms with van der Waals surface area (Å²) in [6.45, 7) is 3.35. The van der Waals surface area contributed by atoms with Gasteiger partial charge in [-0.05, 0) is 42.7 Å². The number of amides is 1. The molecule has 4 aromatic rings. The van der Waals surface area contributed by atoms with Gasteiger partial charge in [-0.1, -0.05) is 73.6 Å². The van der Waals surface area contributed by atoms with Crippen LogP contribution in [-0.2, 0) is 11.2 Å². The van der Waals surface area contributed by atoms with Crippen molar-refractivity contribution in [2.24, 2.45) is 5.73 Å². The summed E-state index contributed by atoms with van der Waals surface area (Å²) in [6.07, 6.45) is 2.27. The first kappa shape index (κ1) is 23.4. The molecule has 2 aromatic heterocycles. The molecule has 32 heavy (non-hydrogen) atoms. The van der Waals surface area contributed by atoms with Crippen LogP contribution in [0.5, 0.6) is 0 Å². The van der Waals surface area contributed by atoms with Gasteiger partial charge in [0.2, 0.25) is 5.91 Å². The first-order chi connectivity index (χ1) is 14.8. The Morgan fingerprint density at radius 2 is 1.75 bits per heavy atom. The molecular formula is C25H28ClN5O. The Labute approximate surface area is 193 Å². The third-order valence-corrected chi connectivity index (χ3v) is 5.34. The van der Waals surface area contributed by atoms with Crippen LogP contribution in [0.25, 0.3) is 16.8 Å². The molecule has 2 heterocycles. The van der Waals surface area contributed by atoms with Crippen LogP contribution in [0.2, 0.25) is 5.02 Å². The van der Waals surface area contributed by atoms with E-state index in [1.807, 2.05) is 34.7 Å².